The van der Waals surface area contributed by atoms with Gasteiger partial charge in [-0.25, -0.2) is 0 Å². The van der Waals surface area contributed by atoms with Crippen molar-refractivity contribution in [1.82, 2.24) is 4.90 Å². The van der Waals surface area contributed by atoms with Gasteiger partial charge in [0.15, 0.2) is 0 Å². The molecule has 0 saturated heterocycles. The molecular weight excluding hydrogens is 196 g/mol. The molecule has 1 aliphatic rings. The van der Waals surface area contributed by atoms with Crippen molar-refractivity contribution in [1.29, 1.82) is 0 Å². The van der Waals surface area contributed by atoms with Crippen molar-refractivity contribution in [3.05, 3.63) is 0 Å². The van der Waals surface area contributed by atoms with Gasteiger partial charge in [0.2, 0.25) is 0 Å². The van der Waals surface area contributed by atoms with Gasteiger partial charge in [-0.3, -0.25) is 0 Å². The standard InChI is InChI=1S/C14H30N2/c1-5-6-12-9-13(12)8-7-11(2)14(10-15)16(3)4/h11-14H,5-10,15H2,1-4H3. The maximum Gasteiger partial charge on any atom is 0.0237 e. The highest BCUT2D eigenvalue weighted by atomic mass is 15.1. The van der Waals surface area contributed by atoms with E-state index in [0.717, 1.165) is 24.3 Å². The molecule has 0 heterocycles. The quantitative estimate of drug-likeness (QED) is 0.689. The minimum absolute atomic E-state index is 0.559. The van der Waals surface area contributed by atoms with Gasteiger partial charge < -0.3 is 10.6 Å². The monoisotopic (exact) mass is 226 g/mol. The second kappa shape index (κ2) is 6.61. The number of nitrogens with zero attached hydrogens (tertiary/aromatic N) is 1. The second-order valence-corrected chi connectivity index (χ2v) is 5.87. The lowest BCUT2D eigenvalue weighted by Gasteiger charge is -2.29. The van der Waals surface area contributed by atoms with Crippen LogP contribution in [0, 0.1) is 17.8 Å². The van der Waals surface area contributed by atoms with E-state index in [1.54, 1.807) is 0 Å². The van der Waals surface area contributed by atoms with E-state index in [-0.39, 0.29) is 0 Å². The van der Waals surface area contributed by atoms with Crippen molar-refractivity contribution >= 4 is 0 Å². The highest BCUT2D eigenvalue weighted by Crippen LogP contribution is 2.45. The predicted octanol–water partition coefficient (Wildman–Crippen LogP) is 2.73. The summed E-state index contributed by atoms with van der Waals surface area (Å²) in [6.07, 6.45) is 7.09. The number of nitrogens with two attached hydrogens (primary N) is 1. The number of hydrogen-bond acceptors (Lipinski definition) is 2. The van der Waals surface area contributed by atoms with Gasteiger partial charge in [-0.1, -0.05) is 26.7 Å². The lowest BCUT2D eigenvalue weighted by Crippen LogP contribution is -2.40. The van der Waals surface area contributed by atoms with Crippen LogP contribution in [-0.4, -0.2) is 31.6 Å². The Balaban J connectivity index is 2.17. The van der Waals surface area contributed by atoms with Gasteiger partial charge in [0.25, 0.3) is 0 Å². The molecule has 1 aliphatic carbocycles. The SMILES string of the molecule is CCCC1CC1CCC(C)C(CN)N(C)C. The number of likely N-dealkylation sites (N-methyl/N-ethyl adjacent to an activating group) is 1. The first-order valence-corrected chi connectivity index (χ1v) is 6.96. The van der Waals surface area contributed by atoms with E-state index in [2.05, 4.69) is 32.8 Å². The fraction of sp³-hybridized carbons (Fsp3) is 1.00. The van der Waals surface area contributed by atoms with Crippen LogP contribution in [0.4, 0.5) is 0 Å². The van der Waals surface area contributed by atoms with Crippen LogP contribution in [0.1, 0.15) is 46.0 Å². The van der Waals surface area contributed by atoms with Crippen molar-refractivity contribution in [2.75, 3.05) is 20.6 Å². The summed E-state index contributed by atoms with van der Waals surface area (Å²) in [7, 11) is 4.29. The smallest absolute Gasteiger partial charge is 0.0237 e. The highest BCUT2D eigenvalue weighted by Gasteiger charge is 2.35. The van der Waals surface area contributed by atoms with Gasteiger partial charge in [0.1, 0.15) is 0 Å². The van der Waals surface area contributed by atoms with Crippen molar-refractivity contribution < 1.29 is 0 Å². The molecule has 2 heteroatoms. The molecular formula is C14H30N2. The summed E-state index contributed by atoms with van der Waals surface area (Å²) in [5.41, 5.74) is 5.83. The first kappa shape index (κ1) is 14.0. The molecule has 0 spiro atoms. The normalized spacial score (nSPS) is 28.1. The van der Waals surface area contributed by atoms with Gasteiger partial charge in [-0.15, -0.1) is 0 Å². The van der Waals surface area contributed by atoms with E-state index >= 15 is 0 Å². The molecule has 1 fully saturated rings. The van der Waals surface area contributed by atoms with Crippen LogP contribution in [0.5, 0.6) is 0 Å². The molecule has 0 aromatic heterocycles. The Labute approximate surface area is 102 Å². The van der Waals surface area contributed by atoms with E-state index in [9.17, 15) is 0 Å². The summed E-state index contributed by atoms with van der Waals surface area (Å²) < 4.78 is 0. The largest absolute Gasteiger partial charge is 0.329 e. The van der Waals surface area contributed by atoms with Crippen LogP contribution in [0.2, 0.25) is 0 Å². The Morgan fingerprint density at radius 3 is 2.38 bits per heavy atom. The molecule has 0 aromatic carbocycles. The van der Waals surface area contributed by atoms with E-state index in [1.807, 2.05) is 0 Å². The van der Waals surface area contributed by atoms with Crippen LogP contribution in [0.3, 0.4) is 0 Å². The molecule has 0 aromatic rings. The minimum atomic E-state index is 0.559. The lowest BCUT2D eigenvalue weighted by atomic mass is 9.94. The summed E-state index contributed by atoms with van der Waals surface area (Å²) in [5, 5.41) is 0. The zero-order chi connectivity index (χ0) is 12.1. The molecule has 4 atom stereocenters. The third-order valence-corrected chi connectivity index (χ3v) is 4.28. The second-order valence-electron chi connectivity index (χ2n) is 5.87. The minimum Gasteiger partial charge on any atom is -0.329 e. The number of rotatable bonds is 8. The van der Waals surface area contributed by atoms with E-state index < -0.39 is 0 Å². The fourth-order valence-corrected chi connectivity index (χ4v) is 3.01. The molecule has 2 nitrogen and oxygen atoms in total. The Morgan fingerprint density at radius 2 is 1.88 bits per heavy atom. The molecule has 2 N–H and O–H groups in total. The van der Waals surface area contributed by atoms with E-state index in [1.165, 1.54) is 32.1 Å². The average Bonchev–Trinajstić information content (AvgIpc) is 2.95. The third kappa shape index (κ3) is 4.06. The van der Waals surface area contributed by atoms with Crippen molar-refractivity contribution in [3.63, 3.8) is 0 Å². The Morgan fingerprint density at radius 1 is 1.25 bits per heavy atom. The van der Waals surface area contributed by atoms with Gasteiger partial charge in [-0.2, -0.15) is 0 Å². The van der Waals surface area contributed by atoms with Gasteiger partial charge in [0.05, 0.1) is 0 Å². The highest BCUT2D eigenvalue weighted by molar-refractivity contribution is 4.87. The Hall–Kier alpha value is -0.0800. The molecule has 1 saturated carbocycles. The topological polar surface area (TPSA) is 29.3 Å². The fourth-order valence-electron chi connectivity index (χ4n) is 3.01. The first-order chi connectivity index (χ1) is 7.60. The zero-order valence-corrected chi connectivity index (χ0v) is 11.6. The van der Waals surface area contributed by atoms with Gasteiger partial charge in [0, 0.05) is 12.6 Å². The third-order valence-electron chi connectivity index (χ3n) is 4.28. The van der Waals surface area contributed by atoms with Gasteiger partial charge >= 0.3 is 0 Å². The van der Waals surface area contributed by atoms with Crippen LogP contribution >= 0.6 is 0 Å². The van der Waals surface area contributed by atoms with Crippen molar-refractivity contribution in [2.24, 2.45) is 23.5 Å². The molecule has 1 rings (SSSR count). The average molecular weight is 226 g/mol. The molecule has 0 amide bonds. The Bertz CT molecular complexity index is 191. The first-order valence-electron chi connectivity index (χ1n) is 6.96. The molecule has 4 unspecified atom stereocenters. The van der Waals surface area contributed by atoms with Crippen LogP contribution in [0.25, 0.3) is 0 Å². The summed E-state index contributed by atoms with van der Waals surface area (Å²) in [6.45, 7) is 5.44. The molecule has 0 aliphatic heterocycles. The molecule has 0 radical (unpaired) electrons. The van der Waals surface area contributed by atoms with Crippen molar-refractivity contribution in [2.45, 2.75) is 52.0 Å². The maximum atomic E-state index is 5.83. The summed E-state index contributed by atoms with van der Waals surface area (Å²) in [6, 6.07) is 0.559. The summed E-state index contributed by atoms with van der Waals surface area (Å²) in [5.74, 6) is 2.85. The van der Waals surface area contributed by atoms with Crippen LogP contribution in [-0.2, 0) is 0 Å². The molecule has 16 heavy (non-hydrogen) atoms. The zero-order valence-electron chi connectivity index (χ0n) is 11.6. The van der Waals surface area contributed by atoms with Crippen LogP contribution in [0.15, 0.2) is 0 Å². The maximum absolute atomic E-state index is 5.83. The summed E-state index contributed by atoms with van der Waals surface area (Å²) >= 11 is 0. The van der Waals surface area contributed by atoms with E-state index in [4.69, 9.17) is 5.73 Å². The lowest BCUT2D eigenvalue weighted by molar-refractivity contribution is 0.213. The molecule has 96 valence electrons. The van der Waals surface area contributed by atoms with Gasteiger partial charge in [-0.05, 0) is 51.1 Å². The number of hydrogen-bond donors (Lipinski definition) is 1. The van der Waals surface area contributed by atoms with E-state index in [0.29, 0.717) is 6.04 Å². The van der Waals surface area contributed by atoms with Crippen molar-refractivity contribution in [3.8, 4) is 0 Å². The molecule has 0 bridgehead atoms. The van der Waals surface area contributed by atoms with Crippen LogP contribution < -0.4 is 5.73 Å². The predicted molar refractivity (Wildman–Crippen MR) is 71.4 cm³/mol. The Kier molecular flexibility index (Phi) is 5.77. The summed E-state index contributed by atoms with van der Waals surface area (Å²) in [4.78, 5) is 2.28.